The van der Waals surface area contributed by atoms with Gasteiger partial charge in [-0.25, -0.2) is 0 Å². The predicted octanol–water partition coefficient (Wildman–Crippen LogP) is 3.57. The zero-order valence-electron chi connectivity index (χ0n) is 12.7. The van der Waals surface area contributed by atoms with Crippen LogP contribution in [0, 0.1) is 41.5 Å². The molecule has 0 atom stereocenters. The molecule has 0 saturated carbocycles. The van der Waals surface area contributed by atoms with E-state index in [1.54, 1.807) is 7.91 Å². The van der Waals surface area contributed by atoms with Gasteiger partial charge in [0.2, 0.25) is 0 Å². The van der Waals surface area contributed by atoms with Crippen LogP contribution in [0.1, 0.15) is 33.4 Å². The molecule has 0 heterocycles. The van der Waals surface area contributed by atoms with E-state index in [4.69, 9.17) is 0 Å². The second kappa shape index (κ2) is 5.63. The fraction of sp³-hybridized carbons (Fsp3) is 0.333. The fourth-order valence-electron chi connectivity index (χ4n) is 2.76. The molecule has 1 heteroatoms. The second-order valence-corrected chi connectivity index (χ2v) is 8.07. The van der Waals surface area contributed by atoms with Crippen LogP contribution >= 0.6 is 0 Å². The van der Waals surface area contributed by atoms with Crippen LogP contribution in [0.15, 0.2) is 24.3 Å². The van der Waals surface area contributed by atoms with Crippen molar-refractivity contribution in [1.29, 1.82) is 0 Å². The van der Waals surface area contributed by atoms with Crippen LogP contribution in [-0.4, -0.2) is 0 Å². The Balaban J connectivity index is 2.48. The average Bonchev–Trinajstić information content (AvgIpc) is 2.25. The van der Waals surface area contributed by atoms with Crippen molar-refractivity contribution in [3.63, 3.8) is 0 Å². The third kappa shape index (κ3) is 3.18. The Bertz CT molecular complexity index is 522. The molecule has 0 spiro atoms. The summed E-state index contributed by atoms with van der Waals surface area (Å²) < 4.78 is 3.23. The molecule has 2 aromatic rings. The molecule has 0 unspecified atom stereocenters. The van der Waals surface area contributed by atoms with Gasteiger partial charge in [-0.1, -0.05) is 0 Å². The number of hydrogen-bond acceptors (Lipinski definition) is 0. The minimum atomic E-state index is -0.290. The SMILES string of the molecule is Cc1cc(C)[c]([Mo][c]2c(C)cc(C)cc2C)c(C)c1. The van der Waals surface area contributed by atoms with Gasteiger partial charge in [0.15, 0.2) is 0 Å². The van der Waals surface area contributed by atoms with Gasteiger partial charge < -0.3 is 0 Å². The minimum absolute atomic E-state index is 0.290. The maximum atomic E-state index is 2.33. The number of benzene rings is 2. The average molecular weight is 334 g/mol. The van der Waals surface area contributed by atoms with E-state index >= 15 is 0 Å². The monoisotopic (exact) mass is 336 g/mol. The quantitative estimate of drug-likeness (QED) is 0.737. The van der Waals surface area contributed by atoms with Crippen LogP contribution in [0.5, 0.6) is 0 Å². The third-order valence-corrected chi connectivity index (χ3v) is 7.58. The van der Waals surface area contributed by atoms with Crippen molar-refractivity contribution in [2.45, 2.75) is 41.5 Å². The molecule has 0 bridgehead atoms. The molecule has 2 aromatic carbocycles. The molecule has 0 aliphatic heterocycles. The van der Waals surface area contributed by atoms with E-state index in [1.165, 1.54) is 33.4 Å². The van der Waals surface area contributed by atoms with Crippen molar-refractivity contribution in [2.24, 2.45) is 0 Å². The molecule has 0 aliphatic carbocycles. The fourth-order valence-corrected chi connectivity index (χ4v) is 5.42. The Labute approximate surface area is 125 Å². The van der Waals surface area contributed by atoms with Gasteiger partial charge in [-0.15, -0.1) is 0 Å². The molecule has 0 fully saturated rings. The summed E-state index contributed by atoms with van der Waals surface area (Å²) in [6.45, 7) is 13.4. The Morgan fingerprint density at radius 1 is 0.526 bits per heavy atom. The first kappa shape index (κ1) is 14.5. The van der Waals surface area contributed by atoms with Crippen LogP contribution in [0.2, 0.25) is 0 Å². The van der Waals surface area contributed by atoms with Crippen molar-refractivity contribution >= 4 is 7.91 Å². The summed E-state index contributed by atoms with van der Waals surface area (Å²) in [6.07, 6.45) is 0. The van der Waals surface area contributed by atoms with Crippen LogP contribution in [0.3, 0.4) is 0 Å². The zero-order chi connectivity index (χ0) is 14.2. The van der Waals surface area contributed by atoms with E-state index in [0.29, 0.717) is 0 Å². The van der Waals surface area contributed by atoms with E-state index in [1.807, 2.05) is 0 Å². The molecular formula is C18H22Mo. The Morgan fingerprint density at radius 2 is 0.789 bits per heavy atom. The van der Waals surface area contributed by atoms with Gasteiger partial charge in [0.1, 0.15) is 0 Å². The van der Waals surface area contributed by atoms with E-state index in [-0.39, 0.29) is 18.6 Å². The topological polar surface area (TPSA) is 0 Å². The summed E-state index contributed by atoms with van der Waals surface area (Å²) in [4.78, 5) is 0. The van der Waals surface area contributed by atoms with Crippen LogP contribution in [-0.2, 0) is 18.6 Å². The predicted molar refractivity (Wildman–Crippen MR) is 80.6 cm³/mol. The summed E-state index contributed by atoms with van der Waals surface area (Å²) in [5.41, 5.74) is 8.64. The number of aryl methyl sites for hydroxylation is 6. The molecular weight excluding hydrogens is 312 g/mol. The molecule has 0 aliphatic rings. The molecule has 100 valence electrons. The van der Waals surface area contributed by atoms with E-state index in [9.17, 15) is 0 Å². The first-order valence-corrected chi connectivity index (χ1v) is 8.72. The van der Waals surface area contributed by atoms with Gasteiger partial charge in [-0.2, -0.15) is 0 Å². The maximum absolute atomic E-state index is 2.33. The molecule has 0 N–H and O–H groups in total. The summed E-state index contributed by atoms with van der Waals surface area (Å²) >= 11 is -0.290. The molecule has 0 saturated heterocycles. The number of hydrogen-bond donors (Lipinski definition) is 0. The first-order chi connectivity index (χ1) is 8.88. The molecule has 19 heavy (non-hydrogen) atoms. The summed E-state index contributed by atoms with van der Waals surface area (Å²) in [6, 6.07) is 9.30. The van der Waals surface area contributed by atoms with Gasteiger partial charge >= 0.3 is 126 Å². The third-order valence-electron chi connectivity index (χ3n) is 3.41. The molecule has 0 nitrogen and oxygen atoms in total. The van der Waals surface area contributed by atoms with Gasteiger partial charge in [-0.05, 0) is 0 Å². The Hall–Kier alpha value is -0.872. The first-order valence-electron chi connectivity index (χ1n) is 6.72. The molecule has 0 amide bonds. The van der Waals surface area contributed by atoms with Crippen molar-refractivity contribution in [1.82, 2.24) is 0 Å². The van der Waals surface area contributed by atoms with Gasteiger partial charge in [0.25, 0.3) is 0 Å². The van der Waals surface area contributed by atoms with E-state index in [0.717, 1.165) is 0 Å². The summed E-state index contributed by atoms with van der Waals surface area (Å²) in [5, 5.41) is 0. The van der Waals surface area contributed by atoms with Gasteiger partial charge in [0.05, 0.1) is 0 Å². The van der Waals surface area contributed by atoms with E-state index < -0.39 is 0 Å². The number of rotatable bonds is 2. The van der Waals surface area contributed by atoms with Crippen molar-refractivity contribution in [3.8, 4) is 0 Å². The van der Waals surface area contributed by atoms with Gasteiger partial charge in [-0.3, -0.25) is 0 Å². The Kier molecular flexibility index (Phi) is 4.31. The Morgan fingerprint density at radius 3 is 1.05 bits per heavy atom. The second-order valence-electron chi connectivity index (χ2n) is 5.56. The van der Waals surface area contributed by atoms with Crippen LogP contribution in [0.25, 0.3) is 0 Å². The van der Waals surface area contributed by atoms with Crippen LogP contribution < -0.4 is 7.91 Å². The molecule has 0 aromatic heterocycles. The van der Waals surface area contributed by atoms with Crippen molar-refractivity contribution in [2.75, 3.05) is 0 Å². The normalized spacial score (nSPS) is 10.8. The summed E-state index contributed by atoms with van der Waals surface area (Å²) in [5.74, 6) is 0. The van der Waals surface area contributed by atoms with Crippen LogP contribution in [0.4, 0.5) is 0 Å². The van der Waals surface area contributed by atoms with Gasteiger partial charge in [0, 0.05) is 0 Å². The zero-order valence-corrected chi connectivity index (χ0v) is 14.7. The standard InChI is InChI=1S/2C9H11.Mo/c2*1-7-4-8(2)6-9(3)5-7;/h2*4-5H,1-3H3;. The van der Waals surface area contributed by atoms with Crippen molar-refractivity contribution < 1.29 is 18.6 Å². The molecule has 0 radical (unpaired) electrons. The summed E-state index contributed by atoms with van der Waals surface area (Å²) in [7, 11) is 0. The van der Waals surface area contributed by atoms with Crippen molar-refractivity contribution in [3.05, 3.63) is 57.6 Å². The molecule has 2 rings (SSSR count). The van der Waals surface area contributed by atoms with E-state index in [2.05, 4.69) is 65.8 Å².